The number of para-hydroxylation sites is 1. The van der Waals surface area contributed by atoms with E-state index in [0.29, 0.717) is 17.8 Å². The number of fused-ring (bicyclic) bond motifs is 1. The Morgan fingerprint density at radius 1 is 1.44 bits per heavy atom. The van der Waals surface area contributed by atoms with E-state index in [2.05, 4.69) is 15.5 Å². The molecule has 0 bridgehead atoms. The van der Waals surface area contributed by atoms with E-state index in [1.807, 2.05) is 0 Å². The van der Waals surface area contributed by atoms with Gasteiger partial charge in [-0.25, -0.2) is 9.48 Å². The lowest BCUT2D eigenvalue weighted by molar-refractivity contribution is -0.120. The van der Waals surface area contributed by atoms with Crippen LogP contribution in [0.1, 0.15) is 28.2 Å². The summed E-state index contributed by atoms with van der Waals surface area (Å²) >= 11 is 0. The van der Waals surface area contributed by atoms with E-state index in [0.717, 1.165) is 0 Å². The summed E-state index contributed by atoms with van der Waals surface area (Å²) in [5.41, 5.74) is 6.12. The van der Waals surface area contributed by atoms with E-state index in [1.54, 1.807) is 12.1 Å². The first-order valence-corrected chi connectivity index (χ1v) is 7.66. The molecule has 4 N–H and O–H groups in total. The van der Waals surface area contributed by atoms with Crippen LogP contribution in [0, 0.1) is 0 Å². The number of carbonyl (C=O) groups is 2. The topological polar surface area (TPSA) is 153 Å². The maximum Gasteiger partial charge on any atom is 0.526 e. The third kappa shape index (κ3) is 3.51. The molecule has 1 atom stereocenters. The minimum atomic E-state index is -1.26. The highest BCUT2D eigenvalue weighted by Gasteiger charge is 2.37. The van der Waals surface area contributed by atoms with Crippen LogP contribution < -0.4 is 10.4 Å². The van der Waals surface area contributed by atoms with Gasteiger partial charge >= 0.3 is 13.1 Å². The Kier molecular flexibility index (Phi) is 4.77. The number of benzene rings is 1. The number of rotatable bonds is 6. The number of carboxylic acid groups (broad SMARTS) is 1. The molecule has 0 aliphatic carbocycles. The summed E-state index contributed by atoms with van der Waals surface area (Å²) in [7, 11) is -1.26. The van der Waals surface area contributed by atoms with Crippen LogP contribution in [-0.4, -0.2) is 49.2 Å². The highest BCUT2D eigenvalue weighted by molar-refractivity contribution is 6.47. The van der Waals surface area contributed by atoms with Crippen LogP contribution in [-0.2, 0) is 24.3 Å². The minimum absolute atomic E-state index is 0.0115. The van der Waals surface area contributed by atoms with Gasteiger partial charge in [-0.15, -0.1) is 5.10 Å². The van der Waals surface area contributed by atoms with Crippen LogP contribution in [0.2, 0.25) is 5.82 Å². The van der Waals surface area contributed by atoms with Crippen LogP contribution >= 0.6 is 0 Å². The van der Waals surface area contributed by atoms with Gasteiger partial charge in [0.2, 0.25) is 0 Å². The standard InChI is InChI=1S/C14H16BN5O5/c16-6-12-17-18-19-20(12)7-10(21)5-9-4-8-2-1-3-11(14(22)23)13(8)25-15(9)24/h1-3,9,24H,4-7,16H2,(H,22,23)/t9-/m1/s1. The first kappa shape index (κ1) is 17.1. The van der Waals surface area contributed by atoms with Gasteiger partial charge in [0.25, 0.3) is 0 Å². The molecule has 1 aromatic carbocycles. The second kappa shape index (κ2) is 6.99. The Morgan fingerprint density at radius 2 is 2.24 bits per heavy atom. The number of hydrogen-bond acceptors (Lipinski definition) is 8. The Hall–Kier alpha value is -2.79. The zero-order chi connectivity index (χ0) is 18.0. The van der Waals surface area contributed by atoms with Crippen molar-refractivity contribution in [2.45, 2.75) is 31.7 Å². The minimum Gasteiger partial charge on any atom is -0.535 e. The van der Waals surface area contributed by atoms with Crippen molar-refractivity contribution in [1.29, 1.82) is 0 Å². The number of carboxylic acids is 1. The molecule has 1 aliphatic heterocycles. The van der Waals surface area contributed by atoms with Crippen LogP contribution in [0.15, 0.2) is 18.2 Å². The highest BCUT2D eigenvalue weighted by atomic mass is 16.5. The van der Waals surface area contributed by atoms with Gasteiger partial charge in [-0.1, -0.05) is 12.1 Å². The molecular weight excluding hydrogens is 329 g/mol. The zero-order valence-electron chi connectivity index (χ0n) is 13.2. The quantitative estimate of drug-likeness (QED) is 0.575. The third-order valence-electron chi connectivity index (χ3n) is 4.06. The Labute approximate surface area is 142 Å². The van der Waals surface area contributed by atoms with Crippen molar-refractivity contribution in [3.63, 3.8) is 0 Å². The summed E-state index contributed by atoms with van der Waals surface area (Å²) < 4.78 is 6.69. The van der Waals surface area contributed by atoms with Crippen molar-refractivity contribution in [1.82, 2.24) is 20.2 Å². The molecule has 0 spiro atoms. The van der Waals surface area contributed by atoms with Crippen LogP contribution in [0.4, 0.5) is 0 Å². The molecule has 2 aromatic rings. The van der Waals surface area contributed by atoms with Gasteiger partial charge in [0.05, 0.1) is 12.1 Å². The van der Waals surface area contributed by atoms with Crippen molar-refractivity contribution < 1.29 is 24.4 Å². The largest absolute Gasteiger partial charge is 0.535 e. The lowest BCUT2D eigenvalue weighted by Gasteiger charge is -2.28. The number of tetrazole rings is 1. The lowest BCUT2D eigenvalue weighted by Crippen LogP contribution is -2.36. The molecule has 0 radical (unpaired) electrons. The molecule has 25 heavy (non-hydrogen) atoms. The highest BCUT2D eigenvalue weighted by Crippen LogP contribution is 2.36. The van der Waals surface area contributed by atoms with E-state index in [-0.39, 0.29) is 36.6 Å². The number of Topliss-reactive ketones (excluding diaryl/α,β-unsaturated/α-hetero) is 1. The zero-order valence-corrected chi connectivity index (χ0v) is 13.2. The van der Waals surface area contributed by atoms with E-state index in [9.17, 15) is 19.7 Å². The molecule has 11 heteroatoms. The Morgan fingerprint density at radius 3 is 2.96 bits per heavy atom. The summed E-state index contributed by atoms with van der Waals surface area (Å²) in [5, 5.41) is 30.2. The van der Waals surface area contributed by atoms with Gasteiger partial charge in [0, 0.05) is 12.2 Å². The molecule has 3 rings (SSSR count). The predicted octanol–water partition coefficient (Wildman–Crippen LogP) is -0.725. The molecule has 2 heterocycles. The van der Waals surface area contributed by atoms with E-state index < -0.39 is 18.9 Å². The molecule has 0 unspecified atom stereocenters. The first-order chi connectivity index (χ1) is 12.0. The van der Waals surface area contributed by atoms with E-state index in [1.165, 1.54) is 10.7 Å². The van der Waals surface area contributed by atoms with Gasteiger partial charge in [0.1, 0.15) is 12.3 Å². The molecule has 0 saturated heterocycles. The molecule has 10 nitrogen and oxygen atoms in total. The number of hydrogen-bond donors (Lipinski definition) is 3. The van der Waals surface area contributed by atoms with Gasteiger partial charge in [-0.2, -0.15) is 0 Å². The lowest BCUT2D eigenvalue weighted by atomic mass is 9.64. The monoisotopic (exact) mass is 345 g/mol. The fourth-order valence-corrected chi connectivity index (χ4v) is 2.84. The maximum absolute atomic E-state index is 12.3. The number of nitrogens with two attached hydrogens (primary N) is 1. The SMILES string of the molecule is NCc1nnnn1CC(=O)C[C@H]1Cc2cccc(C(=O)O)c2OB1O. The molecule has 0 saturated carbocycles. The Balaban J connectivity index is 1.71. The fourth-order valence-electron chi connectivity index (χ4n) is 2.84. The molecule has 1 aliphatic rings. The summed E-state index contributed by atoms with van der Waals surface area (Å²) in [6.45, 7) is 0.0611. The van der Waals surface area contributed by atoms with Gasteiger partial charge in [-0.05, 0) is 28.5 Å². The average Bonchev–Trinajstić information content (AvgIpc) is 3.01. The molecule has 1 aromatic heterocycles. The summed E-state index contributed by atoms with van der Waals surface area (Å²) in [4.78, 5) is 23.5. The summed E-state index contributed by atoms with van der Waals surface area (Å²) in [5.74, 6) is -1.26. The fraction of sp³-hybridized carbons (Fsp3) is 0.357. The van der Waals surface area contributed by atoms with Crippen LogP contribution in [0.3, 0.4) is 0 Å². The third-order valence-corrected chi connectivity index (χ3v) is 4.06. The van der Waals surface area contributed by atoms with Crippen molar-refractivity contribution >= 4 is 18.9 Å². The summed E-state index contributed by atoms with van der Waals surface area (Å²) in [6, 6.07) is 4.74. The van der Waals surface area contributed by atoms with E-state index in [4.69, 9.17) is 10.4 Å². The number of aromatic nitrogens is 4. The second-order valence-corrected chi connectivity index (χ2v) is 5.77. The van der Waals surface area contributed by atoms with Crippen LogP contribution in [0.5, 0.6) is 5.75 Å². The number of ketones is 1. The Bertz CT molecular complexity index is 811. The molecule has 0 fully saturated rings. The van der Waals surface area contributed by atoms with Crippen LogP contribution in [0.25, 0.3) is 0 Å². The van der Waals surface area contributed by atoms with Gasteiger partial charge in [-0.3, -0.25) is 4.79 Å². The molecular formula is C14H16BN5O5. The van der Waals surface area contributed by atoms with Crippen molar-refractivity contribution in [2.75, 3.05) is 0 Å². The number of carbonyl (C=O) groups excluding carboxylic acids is 1. The maximum atomic E-state index is 12.3. The smallest absolute Gasteiger partial charge is 0.526 e. The predicted molar refractivity (Wildman–Crippen MR) is 84.8 cm³/mol. The average molecular weight is 345 g/mol. The van der Waals surface area contributed by atoms with E-state index >= 15 is 0 Å². The van der Waals surface area contributed by atoms with Crippen molar-refractivity contribution in [3.05, 3.63) is 35.2 Å². The van der Waals surface area contributed by atoms with Gasteiger partial charge < -0.3 is 20.5 Å². The summed E-state index contributed by atoms with van der Waals surface area (Å²) in [6.07, 6.45) is 0.379. The number of aromatic carboxylic acids is 1. The van der Waals surface area contributed by atoms with Crippen molar-refractivity contribution in [2.24, 2.45) is 5.73 Å². The molecule has 130 valence electrons. The van der Waals surface area contributed by atoms with Gasteiger partial charge in [0.15, 0.2) is 11.6 Å². The normalized spacial score (nSPS) is 16.2. The first-order valence-electron chi connectivity index (χ1n) is 7.66. The molecule has 0 amide bonds. The van der Waals surface area contributed by atoms with Crippen molar-refractivity contribution in [3.8, 4) is 5.75 Å². The number of nitrogens with zero attached hydrogens (tertiary/aromatic N) is 4. The second-order valence-electron chi connectivity index (χ2n) is 5.77.